The van der Waals surface area contributed by atoms with Crippen molar-refractivity contribution in [3.05, 3.63) is 72.9 Å². The second-order valence-corrected chi connectivity index (χ2v) is 9.04. The van der Waals surface area contributed by atoms with Crippen molar-refractivity contribution in [2.75, 3.05) is 29.5 Å². The standard InChI is InChI=1S/C27H35N5O4/c1-8-12-29-25-24(30-22(33)14-36-21-13-16(3)23(28)19(6)18(21)5)26(34)31(7)27(35)32(25)20-11-9-10-15(2)17(20)4/h9-11,13,29H,8,12,14,28H2,1-7H3,(H,30,33). The first-order valence-electron chi connectivity index (χ1n) is 11.9. The topological polar surface area (TPSA) is 120 Å². The monoisotopic (exact) mass is 493 g/mol. The summed E-state index contributed by atoms with van der Waals surface area (Å²) in [6.45, 7) is 11.7. The number of carbonyl (C=O) groups excluding carboxylic acids is 1. The van der Waals surface area contributed by atoms with Crippen LogP contribution in [0.4, 0.5) is 17.2 Å². The second kappa shape index (κ2) is 10.7. The van der Waals surface area contributed by atoms with Gasteiger partial charge in [0.15, 0.2) is 6.61 Å². The van der Waals surface area contributed by atoms with Crippen LogP contribution in [0.5, 0.6) is 5.75 Å². The van der Waals surface area contributed by atoms with Crippen LogP contribution in [-0.2, 0) is 11.8 Å². The highest BCUT2D eigenvalue weighted by Gasteiger charge is 2.22. The van der Waals surface area contributed by atoms with Gasteiger partial charge >= 0.3 is 5.69 Å². The zero-order valence-electron chi connectivity index (χ0n) is 22.0. The molecule has 192 valence electrons. The van der Waals surface area contributed by atoms with Gasteiger partial charge in [-0.25, -0.2) is 9.36 Å². The minimum atomic E-state index is -0.608. The van der Waals surface area contributed by atoms with E-state index in [-0.39, 0.29) is 18.1 Å². The van der Waals surface area contributed by atoms with Crippen molar-refractivity contribution in [2.24, 2.45) is 7.05 Å². The first kappa shape index (κ1) is 26.6. The van der Waals surface area contributed by atoms with Gasteiger partial charge < -0.3 is 21.1 Å². The molecule has 0 bridgehead atoms. The van der Waals surface area contributed by atoms with Crippen LogP contribution in [0, 0.1) is 34.6 Å². The van der Waals surface area contributed by atoms with Gasteiger partial charge in [-0.15, -0.1) is 0 Å². The number of nitrogen functional groups attached to an aromatic ring is 1. The average molecular weight is 494 g/mol. The van der Waals surface area contributed by atoms with Gasteiger partial charge in [-0.1, -0.05) is 19.1 Å². The van der Waals surface area contributed by atoms with Crippen LogP contribution in [0.3, 0.4) is 0 Å². The Kier molecular flexibility index (Phi) is 7.92. The number of aryl methyl sites for hydroxylation is 2. The highest BCUT2D eigenvalue weighted by Crippen LogP contribution is 2.29. The van der Waals surface area contributed by atoms with E-state index in [1.807, 2.05) is 59.7 Å². The summed E-state index contributed by atoms with van der Waals surface area (Å²) < 4.78 is 8.22. The molecule has 3 rings (SSSR count). The Hall–Kier alpha value is -4.01. The van der Waals surface area contributed by atoms with Crippen LogP contribution < -0.4 is 32.4 Å². The number of anilines is 3. The van der Waals surface area contributed by atoms with E-state index in [9.17, 15) is 14.4 Å². The predicted molar refractivity (Wildman–Crippen MR) is 145 cm³/mol. The minimum absolute atomic E-state index is 0.0126. The number of nitrogens with two attached hydrogens (primary N) is 1. The summed E-state index contributed by atoms with van der Waals surface area (Å²) in [5, 5.41) is 5.86. The van der Waals surface area contributed by atoms with Gasteiger partial charge in [0.05, 0.1) is 5.69 Å². The van der Waals surface area contributed by atoms with Crippen molar-refractivity contribution in [3.8, 4) is 11.4 Å². The lowest BCUT2D eigenvalue weighted by molar-refractivity contribution is -0.118. The molecule has 0 aliphatic rings. The van der Waals surface area contributed by atoms with Crippen LogP contribution in [0.25, 0.3) is 5.69 Å². The zero-order chi connectivity index (χ0) is 26.7. The maximum absolute atomic E-state index is 13.3. The third-order valence-corrected chi connectivity index (χ3v) is 6.55. The van der Waals surface area contributed by atoms with Gasteiger partial charge in [-0.05, 0) is 81.0 Å². The summed E-state index contributed by atoms with van der Waals surface area (Å²) in [5.74, 6) is 0.263. The molecular weight excluding hydrogens is 458 g/mol. The maximum Gasteiger partial charge on any atom is 0.337 e. The number of benzene rings is 2. The Bertz CT molecular complexity index is 1440. The van der Waals surface area contributed by atoms with Crippen LogP contribution in [0.15, 0.2) is 33.9 Å². The summed E-state index contributed by atoms with van der Waals surface area (Å²) in [7, 11) is 1.39. The van der Waals surface area contributed by atoms with E-state index in [1.165, 1.54) is 11.6 Å². The summed E-state index contributed by atoms with van der Waals surface area (Å²) in [5.41, 5.74) is 10.8. The molecule has 0 saturated carbocycles. The lowest BCUT2D eigenvalue weighted by atomic mass is 10.0. The molecular formula is C27H35N5O4. The Balaban J connectivity index is 2.04. The van der Waals surface area contributed by atoms with E-state index in [4.69, 9.17) is 10.5 Å². The van der Waals surface area contributed by atoms with Gasteiger partial charge in [0.25, 0.3) is 11.5 Å². The molecule has 2 aromatic carbocycles. The molecule has 1 amide bonds. The van der Waals surface area contributed by atoms with Gasteiger partial charge in [0.1, 0.15) is 17.3 Å². The third-order valence-electron chi connectivity index (χ3n) is 6.55. The van der Waals surface area contributed by atoms with Crippen molar-refractivity contribution in [2.45, 2.75) is 48.0 Å². The number of rotatable bonds is 8. The Morgan fingerprint density at radius 3 is 2.39 bits per heavy atom. The van der Waals surface area contributed by atoms with Crippen molar-refractivity contribution in [1.29, 1.82) is 0 Å². The fourth-order valence-electron chi connectivity index (χ4n) is 3.97. The molecule has 9 heteroatoms. The van der Waals surface area contributed by atoms with Gasteiger partial charge in [0.2, 0.25) is 0 Å². The van der Waals surface area contributed by atoms with Crippen LogP contribution in [0.1, 0.15) is 41.2 Å². The molecule has 0 fully saturated rings. The number of ether oxygens (including phenoxy) is 1. The molecule has 0 spiro atoms. The fourth-order valence-corrected chi connectivity index (χ4v) is 3.97. The molecule has 0 unspecified atom stereocenters. The Morgan fingerprint density at radius 2 is 1.72 bits per heavy atom. The Labute approximate surface area is 210 Å². The number of carbonyl (C=O) groups is 1. The minimum Gasteiger partial charge on any atom is -0.483 e. The van der Waals surface area contributed by atoms with E-state index in [0.29, 0.717) is 23.7 Å². The highest BCUT2D eigenvalue weighted by molar-refractivity contribution is 5.94. The second-order valence-electron chi connectivity index (χ2n) is 9.04. The van der Waals surface area contributed by atoms with Gasteiger partial charge in [-0.2, -0.15) is 0 Å². The van der Waals surface area contributed by atoms with E-state index >= 15 is 0 Å². The number of hydrogen-bond donors (Lipinski definition) is 3. The highest BCUT2D eigenvalue weighted by atomic mass is 16.5. The van der Waals surface area contributed by atoms with Crippen molar-refractivity contribution in [3.63, 3.8) is 0 Å². The van der Waals surface area contributed by atoms with E-state index in [1.54, 1.807) is 6.07 Å². The molecule has 0 atom stereocenters. The summed E-state index contributed by atoms with van der Waals surface area (Å²) >= 11 is 0. The van der Waals surface area contributed by atoms with E-state index in [0.717, 1.165) is 38.8 Å². The molecule has 0 aliphatic carbocycles. The van der Waals surface area contributed by atoms with Crippen LogP contribution in [-0.4, -0.2) is 28.2 Å². The molecule has 0 saturated heterocycles. The fraction of sp³-hybridized carbons (Fsp3) is 0.370. The van der Waals surface area contributed by atoms with Gasteiger partial charge in [0, 0.05) is 19.3 Å². The molecule has 4 N–H and O–H groups in total. The van der Waals surface area contributed by atoms with Gasteiger partial charge in [-0.3, -0.25) is 14.2 Å². The molecule has 0 radical (unpaired) electrons. The number of nitrogens with one attached hydrogen (secondary N) is 2. The van der Waals surface area contributed by atoms with Crippen LogP contribution >= 0.6 is 0 Å². The number of amides is 1. The SMILES string of the molecule is CCCNc1c(NC(=O)COc2cc(C)c(N)c(C)c2C)c(=O)n(C)c(=O)n1-c1cccc(C)c1C. The molecule has 9 nitrogen and oxygen atoms in total. The summed E-state index contributed by atoms with van der Waals surface area (Å²) in [6.07, 6.45) is 0.752. The third kappa shape index (κ3) is 5.00. The van der Waals surface area contributed by atoms with Crippen molar-refractivity contribution >= 4 is 23.1 Å². The summed E-state index contributed by atoms with van der Waals surface area (Å²) in [4.78, 5) is 39.3. The summed E-state index contributed by atoms with van der Waals surface area (Å²) in [6, 6.07) is 7.41. The quantitative estimate of drug-likeness (QED) is 0.413. The smallest absolute Gasteiger partial charge is 0.337 e. The largest absolute Gasteiger partial charge is 0.483 e. The number of hydrogen-bond acceptors (Lipinski definition) is 6. The van der Waals surface area contributed by atoms with E-state index < -0.39 is 17.2 Å². The molecule has 3 aromatic rings. The molecule has 0 aliphatic heterocycles. The lowest BCUT2D eigenvalue weighted by Gasteiger charge is -2.21. The number of nitrogens with zero attached hydrogens (tertiary/aromatic N) is 2. The lowest BCUT2D eigenvalue weighted by Crippen LogP contribution is -2.41. The predicted octanol–water partition coefficient (Wildman–Crippen LogP) is 3.50. The number of aromatic nitrogens is 2. The zero-order valence-corrected chi connectivity index (χ0v) is 22.0. The normalized spacial score (nSPS) is 10.9. The average Bonchev–Trinajstić information content (AvgIpc) is 2.85. The Morgan fingerprint density at radius 1 is 1.03 bits per heavy atom. The van der Waals surface area contributed by atoms with E-state index in [2.05, 4.69) is 10.6 Å². The van der Waals surface area contributed by atoms with Crippen LogP contribution in [0.2, 0.25) is 0 Å². The molecule has 1 heterocycles. The first-order valence-corrected chi connectivity index (χ1v) is 11.9. The van der Waals surface area contributed by atoms with Crippen molar-refractivity contribution in [1.82, 2.24) is 9.13 Å². The first-order chi connectivity index (χ1) is 17.0. The molecule has 36 heavy (non-hydrogen) atoms. The van der Waals surface area contributed by atoms with Crippen molar-refractivity contribution < 1.29 is 9.53 Å². The molecule has 1 aromatic heterocycles. The maximum atomic E-state index is 13.3.